The normalized spacial score (nSPS) is 10.9. The summed E-state index contributed by atoms with van der Waals surface area (Å²) in [7, 11) is 0. The van der Waals surface area contributed by atoms with Gasteiger partial charge in [-0.15, -0.1) is 0 Å². The highest BCUT2D eigenvalue weighted by molar-refractivity contribution is 6.01. The summed E-state index contributed by atoms with van der Waals surface area (Å²) in [6.07, 6.45) is 3.31. The van der Waals surface area contributed by atoms with Crippen molar-refractivity contribution in [2.75, 3.05) is 5.32 Å². The lowest BCUT2D eigenvalue weighted by Gasteiger charge is -2.08. The van der Waals surface area contributed by atoms with Crippen LogP contribution >= 0.6 is 0 Å². The van der Waals surface area contributed by atoms with Crippen LogP contribution in [0.15, 0.2) is 66.7 Å². The van der Waals surface area contributed by atoms with Crippen molar-refractivity contribution in [2.24, 2.45) is 0 Å². The Labute approximate surface area is 141 Å². The SMILES string of the molecule is Cc1ccc(-n2nc(C)cc2NC(=O)/C=C/c2ccccc2)cc1. The minimum absolute atomic E-state index is 0.188. The monoisotopic (exact) mass is 317 g/mol. The maximum Gasteiger partial charge on any atom is 0.249 e. The fourth-order valence-corrected chi connectivity index (χ4v) is 2.38. The number of nitrogens with one attached hydrogen (secondary N) is 1. The zero-order valence-electron chi connectivity index (χ0n) is 13.7. The van der Waals surface area contributed by atoms with Crippen molar-refractivity contribution in [1.82, 2.24) is 9.78 Å². The highest BCUT2D eigenvalue weighted by atomic mass is 16.1. The third kappa shape index (κ3) is 3.79. The molecule has 4 heteroatoms. The van der Waals surface area contributed by atoms with Crippen molar-refractivity contribution in [3.05, 3.63) is 83.6 Å². The molecule has 0 atom stereocenters. The minimum atomic E-state index is -0.188. The summed E-state index contributed by atoms with van der Waals surface area (Å²) in [6.45, 7) is 3.94. The molecule has 1 N–H and O–H groups in total. The average Bonchev–Trinajstić information content (AvgIpc) is 2.95. The maximum atomic E-state index is 12.2. The number of aryl methyl sites for hydroxylation is 2. The third-order valence-electron chi connectivity index (χ3n) is 3.59. The lowest BCUT2D eigenvalue weighted by atomic mass is 10.2. The molecule has 0 fully saturated rings. The van der Waals surface area contributed by atoms with Crippen LogP contribution in [-0.2, 0) is 4.79 Å². The van der Waals surface area contributed by atoms with Gasteiger partial charge in [0.1, 0.15) is 5.82 Å². The molecule has 24 heavy (non-hydrogen) atoms. The smallest absolute Gasteiger partial charge is 0.249 e. The Balaban J connectivity index is 1.79. The first-order chi connectivity index (χ1) is 11.6. The molecule has 0 aliphatic carbocycles. The van der Waals surface area contributed by atoms with Gasteiger partial charge in [-0.2, -0.15) is 5.10 Å². The Morgan fingerprint density at radius 2 is 1.75 bits per heavy atom. The molecule has 4 nitrogen and oxygen atoms in total. The molecular weight excluding hydrogens is 298 g/mol. The fraction of sp³-hybridized carbons (Fsp3) is 0.100. The molecule has 2 aromatic carbocycles. The molecule has 0 bridgehead atoms. The number of benzene rings is 2. The van der Waals surface area contributed by atoms with E-state index in [4.69, 9.17) is 0 Å². The van der Waals surface area contributed by atoms with E-state index in [1.807, 2.05) is 74.5 Å². The molecule has 120 valence electrons. The van der Waals surface area contributed by atoms with Crippen LogP contribution in [0, 0.1) is 13.8 Å². The molecular formula is C20H19N3O. The first-order valence-corrected chi connectivity index (χ1v) is 7.80. The number of amides is 1. The summed E-state index contributed by atoms with van der Waals surface area (Å²) in [5.74, 6) is 0.464. The predicted octanol–water partition coefficient (Wildman–Crippen LogP) is 4.14. The van der Waals surface area contributed by atoms with Crippen LogP contribution in [0.3, 0.4) is 0 Å². The summed E-state index contributed by atoms with van der Waals surface area (Å²) < 4.78 is 1.74. The third-order valence-corrected chi connectivity index (χ3v) is 3.59. The van der Waals surface area contributed by atoms with E-state index in [-0.39, 0.29) is 5.91 Å². The number of rotatable bonds is 4. The molecule has 3 rings (SSSR count). The second-order valence-electron chi connectivity index (χ2n) is 5.65. The lowest BCUT2D eigenvalue weighted by Crippen LogP contribution is -2.12. The minimum Gasteiger partial charge on any atom is -0.307 e. The Hall–Kier alpha value is -3.14. The maximum absolute atomic E-state index is 12.2. The topological polar surface area (TPSA) is 46.9 Å². The molecule has 0 spiro atoms. The average molecular weight is 317 g/mol. The Morgan fingerprint density at radius 3 is 2.46 bits per heavy atom. The molecule has 1 amide bonds. The van der Waals surface area contributed by atoms with E-state index in [2.05, 4.69) is 10.4 Å². The molecule has 0 saturated carbocycles. The van der Waals surface area contributed by atoms with Crippen molar-refractivity contribution >= 4 is 17.8 Å². The standard InChI is InChI=1S/C20H19N3O/c1-15-8-11-18(12-9-15)23-19(14-16(2)22-23)21-20(24)13-10-17-6-4-3-5-7-17/h3-14H,1-2H3,(H,21,24)/b13-10+. The summed E-state index contributed by atoms with van der Waals surface area (Å²) in [4.78, 5) is 12.2. The van der Waals surface area contributed by atoms with E-state index < -0.39 is 0 Å². The number of nitrogens with zero attached hydrogens (tertiary/aromatic N) is 2. The van der Waals surface area contributed by atoms with Crippen LogP contribution < -0.4 is 5.32 Å². The van der Waals surface area contributed by atoms with Gasteiger partial charge in [-0.25, -0.2) is 4.68 Å². The Morgan fingerprint density at radius 1 is 1.04 bits per heavy atom. The predicted molar refractivity (Wildman–Crippen MR) is 97.1 cm³/mol. The molecule has 0 radical (unpaired) electrons. The van der Waals surface area contributed by atoms with Gasteiger partial charge < -0.3 is 5.32 Å². The molecule has 1 aromatic heterocycles. The molecule has 3 aromatic rings. The fourth-order valence-electron chi connectivity index (χ4n) is 2.38. The summed E-state index contributed by atoms with van der Waals surface area (Å²) in [5.41, 5.74) is 3.92. The quantitative estimate of drug-likeness (QED) is 0.735. The van der Waals surface area contributed by atoms with E-state index in [0.29, 0.717) is 5.82 Å². The summed E-state index contributed by atoms with van der Waals surface area (Å²) in [6, 6.07) is 19.6. The van der Waals surface area contributed by atoms with Crippen LogP contribution in [-0.4, -0.2) is 15.7 Å². The van der Waals surface area contributed by atoms with Gasteiger partial charge >= 0.3 is 0 Å². The van der Waals surface area contributed by atoms with Crippen LogP contribution in [0.5, 0.6) is 0 Å². The Bertz CT molecular complexity index is 862. The molecule has 0 saturated heterocycles. The van der Waals surface area contributed by atoms with E-state index in [1.54, 1.807) is 10.8 Å². The summed E-state index contributed by atoms with van der Waals surface area (Å²) in [5, 5.41) is 7.35. The van der Waals surface area contributed by atoms with Gasteiger partial charge in [0, 0.05) is 12.1 Å². The highest BCUT2D eigenvalue weighted by Crippen LogP contribution is 2.17. The molecule has 0 aliphatic rings. The first-order valence-electron chi connectivity index (χ1n) is 7.80. The second-order valence-corrected chi connectivity index (χ2v) is 5.65. The van der Waals surface area contributed by atoms with Gasteiger partial charge in [0.05, 0.1) is 11.4 Å². The number of hydrogen-bond donors (Lipinski definition) is 1. The number of carbonyl (C=O) groups is 1. The highest BCUT2D eigenvalue weighted by Gasteiger charge is 2.09. The van der Waals surface area contributed by atoms with Crippen molar-refractivity contribution in [1.29, 1.82) is 0 Å². The van der Waals surface area contributed by atoms with Gasteiger partial charge in [0.25, 0.3) is 0 Å². The van der Waals surface area contributed by atoms with Gasteiger partial charge in [-0.3, -0.25) is 4.79 Å². The number of anilines is 1. The Kier molecular flexibility index (Phi) is 4.57. The van der Waals surface area contributed by atoms with Crippen molar-refractivity contribution in [3.8, 4) is 5.69 Å². The van der Waals surface area contributed by atoms with Gasteiger partial charge in [-0.1, -0.05) is 48.0 Å². The zero-order chi connectivity index (χ0) is 16.9. The molecule has 0 aliphatic heterocycles. The van der Waals surface area contributed by atoms with E-state index in [9.17, 15) is 4.79 Å². The van der Waals surface area contributed by atoms with Crippen molar-refractivity contribution in [2.45, 2.75) is 13.8 Å². The van der Waals surface area contributed by atoms with Crippen LogP contribution in [0.4, 0.5) is 5.82 Å². The van der Waals surface area contributed by atoms with Crippen LogP contribution in [0.1, 0.15) is 16.8 Å². The van der Waals surface area contributed by atoms with Crippen LogP contribution in [0.2, 0.25) is 0 Å². The van der Waals surface area contributed by atoms with Gasteiger partial charge in [0.15, 0.2) is 0 Å². The largest absolute Gasteiger partial charge is 0.307 e. The van der Waals surface area contributed by atoms with Crippen molar-refractivity contribution < 1.29 is 4.79 Å². The van der Waals surface area contributed by atoms with Gasteiger partial charge in [0.2, 0.25) is 5.91 Å². The summed E-state index contributed by atoms with van der Waals surface area (Å²) >= 11 is 0. The number of aromatic nitrogens is 2. The first kappa shape index (κ1) is 15.7. The zero-order valence-corrected chi connectivity index (χ0v) is 13.7. The van der Waals surface area contributed by atoms with E-state index in [0.717, 1.165) is 16.9 Å². The van der Waals surface area contributed by atoms with E-state index in [1.165, 1.54) is 11.6 Å². The van der Waals surface area contributed by atoms with Crippen LogP contribution in [0.25, 0.3) is 11.8 Å². The molecule has 1 heterocycles. The van der Waals surface area contributed by atoms with Crippen molar-refractivity contribution in [3.63, 3.8) is 0 Å². The molecule has 0 unspecified atom stereocenters. The van der Waals surface area contributed by atoms with E-state index >= 15 is 0 Å². The number of carbonyl (C=O) groups excluding carboxylic acids is 1. The number of hydrogen-bond acceptors (Lipinski definition) is 2. The van der Waals surface area contributed by atoms with Gasteiger partial charge in [-0.05, 0) is 37.6 Å². The lowest BCUT2D eigenvalue weighted by molar-refractivity contribution is -0.111. The second kappa shape index (κ2) is 6.96.